The Morgan fingerprint density at radius 2 is 1.97 bits per heavy atom. The number of Topliss-reactive ketones (excluding diaryl/α,β-unsaturated/α-hetero) is 1. The van der Waals surface area contributed by atoms with Gasteiger partial charge < -0.3 is 10.1 Å². The quantitative estimate of drug-likeness (QED) is 0.449. The third kappa shape index (κ3) is 7.03. The molecule has 196 valence electrons. The molecule has 0 bridgehead atoms. The van der Waals surface area contributed by atoms with E-state index in [0.29, 0.717) is 25.2 Å². The molecule has 0 aromatic carbocycles. The van der Waals surface area contributed by atoms with E-state index >= 15 is 0 Å². The molecule has 4 atom stereocenters. The van der Waals surface area contributed by atoms with Crippen LogP contribution in [0.5, 0.6) is 0 Å². The number of epoxide rings is 1. The fraction of sp³-hybridized carbons (Fsp3) is 0.759. The minimum atomic E-state index is -0.478. The summed E-state index contributed by atoms with van der Waals surface area (Å²) >= 11 is 1.64. The van der Waals surface area contributed by atoms with Crippen LogP contribution in [0.15, 0.2) is 11.0 Å². The number of thiazole rings is 1. The van der Waals surface area contributed by atoms with E-state index in [-0.39, 0.29) is 28.9 Å². The highest BCUT2D eigenvalue weighted by Crippen LogP contribution is 2.57. The van der Waals surface area contributed by atoms with Gasteiger partial charge in [-0.15, -0.1) is 11.3 Å². The molecule has 1 amide bonds. The molecule has 1 aromatic heterocycles. The molecule has 0 radical (unpaired) electrons. The van der Waals surface area contributed by atoms with Crippen LogP contribution in [0.1, 0.15) is 116 Å². The smallest absolute Gasteiger partial charge is 0.220 e. The first kappa shape index (κ1) is 28.0. The van der Waals surface area contributed by atoms with Crippen molar-refractivity contribution in [2.45, 2.75) is 130 Å². The molecule has 1 aromatic rings. The van der Waals surface area contributed by atoms with E-state index in [1.54, 1.807) is 11.3 Å². The average Bonchev–Trinajstić information content (AvgIpc) is 3.11. The van der Waals surface area contributed by atoms with E-state index in [1.807, 2.05) is 20.8 Å². The second-order valence-corrected chi connectivity index (χ2v) is 13.0. The minimum absolute atomic E-state index is 0.00699. The highest BCUT2D eigenvalue weighted by molar-refractivity contribution is 7.09. The summed E-state index contributed by atoms with van der Waals surface area (Å²) in [6, 6.07) is -0.122. The first-order valence-electron chi connectivity index (χ1n) is 13.5. The number of nitrogens with zero attached hydrogens (tertiary/aromatic N) is 1. The number of aromatic nitrogens is 1. The fourth-order valence-electron chi connectivity index (χ4n) is 5.68. The Kier molecular flexibility index (Phi) is 9.01. The Hall–Kier alpha value is -1.53. The van der Waals surface area contributed by atoms with Crippen LogP contribution >= 0.6 is 11.3 Å². The summed E-state index contributed by atoms with van der Waals surface area (Å²) in [5, 5.41) is 6.42. The lowest BCUT2D eigenvalue weighted by Gasteiger charge is -2.28. The second kappa shape index (κ2) is 11.2. The van der Waals surface area contributed by atoms with Gasteiger partial charge >= 0.3 is 0 Å². The third-order valence-electron chi connectivity index (χ3n) is 8.37. The molecule has 0 saturated carbocycles. The predicted octanol–water partition coefficient (Wildman–Crippen LogP) is 7.03. The van der Waals surface area contributed by atoms with Crippen LogP contribution in [0.25, 0.3) is 6.08 Å². The monoisotopic (exact) mass is 502 g/mol. The topological polar surface area (TPSA) is 71.6 Å². The van der Waals surface area contributed by atoms with Crippen molar-refractivity contribution in [3.05, 3.63) is 21.7 Å². The number of fused-ring (bicyclic) bond motifs is 1. The van der Waals surface area contributed by atoms with Gasteiger partial charge in [-0.1, -0.05) is 47.0 Å². The van der Waals surface area contributed by atoms with Gasteiger partial charge in [0.15, 0.2) is 0 Å². The van der Waals surface area contributed by atoms with Gasteiger partial charge in [-0.05, 0) is 64.0 Å². The number of hydrogen-bond donors (Lipinski definition) is 1. The third-order valence-corrected chi connectivity index (χ3v) is 9.17. The van der Waals surface area contributed by atoms with Crippen molar-refractivity contribution >= 4 is 29.1 Å². The van der Waals surface area contributed by atoms with Crippen molar-refractivity contribution in [2.75, 3.05) is 0 Å². The van der Waals surface area contributed by atoms with Gasteiger partial charge in [-0.25, -0.2) is 4.98 Å². The first-order valence-corrected chi connectivity index (χ1v) is 14.4. The molecular weight excluding hydrogens is 456 g/mol. The van der Waals surface area contributed by atoms with Crippen molar-refractivity contribution in [3.63, 3.8) is 0 Å². The molecule has 2 saturated heterocycles. The molecule has 35 heavy (non-hydrogen) atoms. The van der Waals surface area contributed by atoms with Crippen molar-refractivity contribution < 1.29 is 14.3 Å². The van der Waals surface area contributed by atoms with Crippen molar-refractivity contribution in [3.8, 4) is 0 Å². The summed E-state index contributed by atoms with van der Waals surface area (Å²) in [6.07, 6.45) is 10.6. The molecule has 6 heteroatoms. The van der Waals surface area contributed by atoms with Crippen LogP contribution < -0.4 is 5.32 Å². The lowest BCUT2D eigenvalue weighted by molar-refractivity contribution is -0.128. The van der Waals surface area contributed by atoms with Crippen LogP contribution in [-0.2, 0) is 14.3 Å². The number of carbonyl (C=O) groups is 2. The van der Waals surface area contributed by atoms with Crippen molar-refractivity contribution in [1.29, 1.82) is 0 Å². The zero-order valence-electron chi connectivity index (χ0n) is 23.0. The van der Waals surface area contributed by atoms with Crippen LogP contribution in [0.3, 0.4) is 0 Å². The van der Waals surface area contributed by atoms with Crippen LogP contribution in [0.4, 0.5) is 0 Å². The van der Waals surface area contributed by atoms with Gasteiger partial charge in [0.1, 0.15) is 5.78 Å². The number of aryl methyl sites for hydroxylation is 1. The number of ketones is 1. The highest BCUT2D eigenvalue weighted by atomic mass is 32.1. The summed E-state index contributed by atoms with van der Waals surface area (Å²) in [5.74, 6) is 0.802. The molecule has 1 N–H and O–H groups in total. The van der Waals surface area contributed by atoms with Gasteiger partial charge in [0.25, 0.3) is 0 Å². The maximum atomic E-state index is 13.2. The molecule has 3 heterocycles. The Morgan fingerprint density at radius 1 is 1.23 bits per heavy atom. The van der Waals surface area contributed by atoms with Gasteiger partial charge in [0.05, 0.1) is 27.9 Å². The Labute approximate surface area is 216 Å². The van der Waals surface area contributed by atoms with E-state index < -0.39 is 5.41 Å². The van der Waals surface area contributed by atoms with Gasteiger partial charge in [0.2, 0.25) is 5.91 Å². The van der Waals surface area contributed by atoms with Gasteiger partial charge in [-0.3, -0.25) is 9.59 Å². The number of carbonyl (C=O) groups excluding carboxylic acids is 2. The molecule has 2 fully saturated rings. The van der Waals surface area contributed by atoms with E-state index in [2.05, 4.69) is 49.5 Å². The summed E-state index contributed by atoms with van der Waals surface area (Å²) < 4.78 is 6.57. The molecular formula is C29H46N2O3S. The van der Waals surface area contributed by atoms with Gasteiger partial charge in [-0.2, -0.15) is 0 Å². The maximum absolute atomic E-state index is 13.2. The zero-order chi connectivity index (χ0) is 25.9. The zero-order valence-corrected chi connectivity index (χ0v) is 23.8. The minimum Gasteiger partial charge on any atom is -0.363 e. The summed E-state index contributed by atoms with van der Waals surface area (Å²) in [6.45, 7) is 14.8. The lowest BCUT2D eigenvalue weighted by atomic mass is 9.78. The molecule has 0 aliphatic carbocycles. The van der Waals surface area contributed by atoms with Crippen molar-refractivity contribution in [1.82, 2.24) is 10.3 Å². The average molecular weight is 503 g/mol. The number of hydrogen-bond acceptors (Lipinski definition) is 5. The predicted molar refractivity (Wildman–Crippen MR) is 144 cm³/mol. The molecule has 0 spiro atoms. The Bertz CT molecular complexity index is 936. The summed E-state index contributed by atoms with van der Waals surface area (Å²) in [7, 11) is 0. The largest absolute Gasteiger partial charge is 0.363 e. The highest BCUT2D eigenvalue weighted by Gasteiger charge is 2.65. The fourth-order valence-corrected chi connectivity index (χ4v) is 6.25. The lowest BCUT2D eigenvalue weighted by Crippen LogP contribution is -2.41. The molecule has 2 aliphatic heterocycles. The van der Waals surface area contributed by atoms with E-state index in [4.69, 9.17) is 4.74 Å². The molecule has 5 nitrogen and oxygen atoms in total. The van der Waals surface area contributed by atoms with E-state index in [1.165, 1.54) is 0 Å². The molecule has 2 aliphatic rings. The number of ether oxygens (including phenoxy) is 1. The standard InChI is InChI=1S/C29H46N2O3S/c1-8-14-29-18-24(21(3)17-23-19-35-22(4)30-23)31-26(33)13-16-27(5,6)25(32)12-11-20(2)10-9-15-28(29,7)34-29/h17,19-20,24H,8-16,18H2,1-7H3,(H,31,33)/b21-17+. The second-order valence-electron chi connectivity index (χ2n) is 11.9. The molecule has 4 unspecified atom stereocenters. The van der Waals surface area contributed by atoms with Gasteiger partial charge in [0, 0.05) is 30.1 Å². The maximum Gasteiger partial charge on any atom is 0.220 e. The Morgan fingerprint density at radius 3 is 2.63 bits per heavy atom. The molecule has 3 rings (SSSR count). The SMILES string of the molecule is CCCC12CC(/C(C)=C/c3csc(C)n3)NC(=O)CCC(C)(C)C(=O)CCC(C)CCCC1(C)O2. The number of amides is 1. The van der Waals surface area contributed by atoms with E-state index in [0.717, 1.165) is 61.2 Å². The normalized spacial score (nSPS) is 33.2. The van der Waals surface area contributed by atoms with Crippen molar-refractivity contribution in [2.24, 2.45) is 11.3 Å². The summed E-state index contributed by atoms with van der Waals surface area (Å²) in [5.41, 5.74) is 1.20. The number of rotatable bonds is 4. The van der Waals surface area contributed by atoms with E-state index in [9.17, 15) is 9.59 Å². The van der Waals surface area contributed by atoms with Crippen LogP contribution in [0.2, 0.25) is 0 Å². The first-order chi connectivity index (χ1) is 16.4. The van der Waals surface area contributed by atoms with Crippen LogP contribution in [-0.4, -0.2) is 33.9 Å². The number of nitrogens with one attached hydrogen (secondary N) is 1. The Balaban J connectivity index is 1.87. The van der Waals surface area contributed by atoms with Crippen LogP contribution in [0, 0.1) is 18.3 Å². The summed E-state index contributed by atoms with van der Waals surface area (Å²) in [4.78, 5) is 30.7.